The predicted octanol–water partition coefficient (Wildman–Crippen LogP) is 3.70. The molecule has 1 atom stereocenters. The Morgan fingerprint density at radius 1 is 1.24 bits per heavy atom. The van der Waals surface area contributed by atoms with E-state index >= 15 is 0 Å². The van der Waals surface area contributed by atoms with E-state index in [2.05, 4.69) is 28.1 Å². The van der Waals surface area contributed by atoms with Crippen molar-refractivity contribution in [2.75, 3.05) is 26.2 Å². The fourth-order valence-corrected chi connectivity index (χ4v) is 4.77. The molecule has 0 saturated carbocycles. The fraction of sp³-hybridized carbons (Fsp3) is 0.385. The normalized spacial score (nSPS) is 21.9. The average Bonchev–Trinajstić information content (AvgIpc) is 3.40. The summed E-state index contributed by atoms with van der Waals surface area (Å²) in [4.78, 5) is 29.8. The molecule has 1 aromatic heterocycles. The second-order valence-electron chi connectivity index (χ2n) is 8.52. The van der Waals surface area contributed by atoms with Gasteiger partial charge in [-0.1, -0.05) is 24.1 Å². The monoisotopic (exact) mass is 449 g/mol. The number of carbonyl (C=O) groups is 2. The van der Waals surface area contributed by atoms with Gasteiger partial charge in [-0.15, -0.1) is 5.92 Å². The summed E-state index contributed by atoms with van der Waals surface area (Å²) >= 11 is 0. The van der Waals surface area contributed by atoms with Crippen molar-refractivity contribution in [3.05, 3.63) is 65.9 Å². The largest absolute Gasteiger partial charge is 0.465 e. The van der Waals surface area contributed by atoms with Crippen LogP contribution in [0, 0.1) is 23.6 Å². The van der Waals surface area contributed by atoms with Gasteiger partial charge in [0.2, 0.25) is 0 Å². The summed E-state index contributed by atoms with van der Waals surface area (Å²) < 4.78 is 19.2. The molecule has 7 heteroatoms. The summed E-state index contributed by atoms with van der Waals surface area (Å²) in [6.45, 7) is 4.12. The topological polar surface area (TPSA) is 65.8 Å². The molecule has 0 aliphatic carbocycles. The molecule has 2 aromatic rings. The van der Waals surface area contributed by atoms with Crippen molar-refractivity contribution in [2.24, 2.45) is 5.92 Å². The predicted molar refractivity (Wildman–Crippen MR) is 123 cm³/mol. The molecular formula is C26H28FN3O3. The Kier molecular flexibility index (Phi) is 6.95. The van der Waals surface area contributed by atoms with Crippen LogP contribution in [0.4, 0.5) is 9.18 Å². The van der Waals surface area contributed by atoms with Gasteiger partial charge in [-0.25, -0.2) is 9.18 Å². The molecular weight excluding hydrogens is 421 g/mol. The zero-order valence-corrected chi connectivity index (χ0v) is 18.7. The Hall–Kier alpha value is -3.37. The van der Waals surface area contributed by atoms with E-state index in [1.807, 2.05) is 18.2 Å². The first-order valence-electron chi connectivity index (χ1n) is 11.2. The number of hydrogen-bond acceptors (Lipinski definition) is 4. The van der Waals surface area contributed by atoms with Crippen LogP contribution in [-0.4, -0.2) is 53.5 Å². The second kappa shape index (κ2) is 10.1. The third-order valence-corrected chi connectivity index (χ3v) is 6.46. The lowest BCUT2D eigenvalue weighted by Gasteiger charge is -2.40. The van der Waals surface area contributed by atoms with Crippen molar-refractivity contribution in [3.63, 3.8) is 0 Å². The van der Waals surface area contributed by atoms with Crippen molar-refractivity contribution < 1.29 is 18.4 Å². The van der Waals surface area contributed by atoms with Crippen molar-refractivity contribution >= 4 is 18.0 Å². The molecule has 172 valence electrons. The minimum absolute atomic E-state index is 0.0536. The number of likely N-dealkylation sites (tertiary alicyclic amines) is 1. The number of urea groups is 1. The van der Waals surface area contributed by atoms with E-state index in [0.717, 1.165) is 38.2 Å². The van der Waals surface area contributed by atoms with E-state index < -0.39 is 11.6 Å². The summed E-state index contributed by atoms with van der Waals surface area (Å²) in [6, 6.07) is 9.57. The fourth-order valence-electron chi connectivity index (χ4n) is 4.77. The molecule has 2 saturated heterocycles. The van der Waals surface area contributed by atoms with E-state index in [1.165, 1.54) is 17.0 Å². The molecule has 0 radical (unpaired) electrons. The Morgan fingerprint density at radius 3 is 2.76 bits per heavy atom. The van der Waals surface area contributed by atoms with Gasteiger partial charge >= 0.3 is 6.03 Å². The Morgan fingerprint density at radius 2 is 2.06 bits per heavy atom. The first-order valence-corrected chi connectivity index (χ1v) is 11.2. The smallest absolute Gasteiger partial charge is 0.325 e. The van der Waals surface area contributed by atoms with Crippen molar-refractivity contribution in [1.82, 2.24) is 15.1 Å². The van der Waals surface area contributed by atoms with E-state index in [-0.39, 0.29) is 30.6 Å². The molecule has 2 aliphatic rings. The molecule has 3 heterocycles. The number of halogens is 1. The van der Waals surface area contributed by atoms with Gasteiger partial charge in [0.15, 0.2) is 0 Å². The second-order valence-corrected chi connectivity index (χ2v) is 8.52. The quantitative estimate of drug-likeness (QED) is 0.517. The van der Waals surface area contributed by atoms with Gasteiger partial charge in [0.25, 0.3) is 5.91 Å². The average molecular weight is 450 g/mol. The van der Waals surface area contributed by atoms with Crippen LogP contribution in [0.1, 0.15) is 31.1 Å². The van der Waals surface area contributed by atoms with Crippen LogP contribution >= 0.6 is 0 Å². The SMILES string of the molecule is CC#CCN1C(=O)NC(Cc2cccc(F)c2)(C2CCN(CC=Cc3ccco3)CC2)C1=O. The van der Waals surface area contributed by atoms with Crippen molar-refractivity contribution in [3.8, 4) is 11.8 Å². The summed E-state index contributed by atoms with van der Waals surface area (Å²) in [6.07, 6.45) is 7.42. The summed E-state index contributed by atoms with van der Waals surface area (Å²) in [5, 5.41) is 2.99. The molecule has 3 amide bonds. The third kappa shape index (κ3) is 5.01. The lowest BCUT2D eigenvalue weighted by Crippen LogP contribution is -2.57. The standard InChI is InChI=1S/C26H28FN3O3/c1-2-3-14-30-24(31)26(28-25(30)32,19-20-7-4-8-22(27)18-20)21-11-15-29(16-12-21)13-5-9-23-10-6-17-33-23/h4-10,17-18,21H,11-16,19H2,1H3,(H,28,32). The van der Waals surface area contributed by atoms with Gasteiger partial charge in [-0.05, 0) is 74.7 Å². The van der Waals surface area contributed by atoms with Crippen molar-refractivity contribution in [2.45, 2.75) is 31.7 Å². The molecule has 1 unspecified atom stereocenters. The zero-order chi connectivity index (χ0) is 23.3. The van der Waals surface area contributed by atoms with E-state index in [4.69, 9.17) is 4.42 Å². The zero-order valence-electron chi connectivity index (χ0n) is 18.7. The van der Waals surface area contributed by atoms with Crippen LogP contribution in [0.5, 0.6) is 0 Å². The van der Waals surface area contributed by atoms with Crippen LogP contribution < -0.4 is 5.32 Å². The van der Waals surface area contributed by atoms with Crippen LogP contribution in [0.2, 0.25) is 0 Å². The van der Waals surface area contributed by atoms with Crippen LogP contribution in [0.25, 0.3) is 6.08 Å². The molecule has 0 bridgehead atoms. The first-order chi connectivity index (χ1) is 16.0. The maximum Gasteiger partial charge on any atom is 0.325 e. The highest BCUT2D eigenvalue weighted by Gasteiger charge is 2.55. The Bertz CT molecular complexity index is 1080. The van der Waals surface area contributed by atoms with Gasteiger partial charge in [-0.3, -0.25) is 14.6 Å². The molecule has 1 N–H and O–H groups in total. The number of nitrogens with one attached hydrogen (secondary N) is 1. The third-order valence-electron chi connectivity index (χ3n) is 6.46. The highest BCUT2D eigenvalue weighted by Crippen LogP contribution is 2.36. The molecule has 0 spiro atoms. The van der Waals surface area contributed by atoms with E-state index in [9.17, 15) is 14.0 Å². The van der Waals surface area contributed by atoms with Gasteiger partial charge in [0, 0.05) is 13.0 Å². The van der Waals surface area contributed by atoms with E-state index in [0.29, 0.717) is 5.56 Å². The minimum atomic E-state index is -1.09. The van der Waals surface area contributed by atoms with Gasteiger partial charge in [0.1, 0.15) is 17.1 Å². The van der Waals surface area contributed by atoms with E-state index in [1.54, 1.807) is 25.3 Å². The summed E-state index contributed by atoms with van der Waals surface area (Å²) in [5.41, 5.74) is -0.396. The maximum atomic E-state index is 13.9. The Balaban J connectivity index is 1.50. The molecule has 33 heavy (non-hydrogen) atoms. The molecule has 2 fully saturated rings. The van der Waals surface area contributed by atoms with Crippen LogP contribution in [0.15, 0.2) is 53.2 Å². The lowest BCUT2D eigenvalue weighted by molar-refractivity contribution is -0.133. The van der Waals surface area contributed by atoms with Gasteiger partial charge in [0.05, 0.1) is 12.8 Å². The molecule has 6 nitrogen and oxygen atoms in total. The molecule has 4 rings (SSSR count). The Labute approximate surface area is 193 Å². The number of hydrogen-bond donors (Lipinski definition) is 1. The van der Waals surface area contributed by atoms with Crippen LogP contribution in [0.3, 0.4) is 0 Å². The highest BCUT2D eigenvalue weighted by atomic mass is 19.1. The number of benzene rings is 1. The number of amides is 3. The number of rotatable bonds is 7. The first kappa shape index (κ1) is 22.8. The molecule has 2 aliphatic heterocycles. The highest BCUT2D eigenvalue weighted by molar-refractivity contribution is 6.07. The lowest BCUT2D eigenvalue weighted by atomic mass is 9.74. The number of furan rings is 1. The van der Waals surface area contributed by atoms with Crippen LogP contribution in [-0.2, 0) is 11.2 Å². The van der Waals surface area contributed by atoms with Crippen molar-refractivity contribution in [1.29, 1.82) is 0 Å². The summed E-state index contributed by atoms with van der Waals surface area (Å²) in [7, 11) is 0. The van der Waals surface area contributed by atoms with Gasteiger partial charge in [-0.2, -0.15) is 0 Å². The maximum absolute atomic E-state index is 13.9. The number of carbonyl (C=O) groups excluding carboxylic acids is 2. The minimum Gasteiger partial charge on any atom is -0.465 e. The summed E-state index contributed by atoms with van der Waals surface area (Å²) in [5.74, 6) is 5.70. The molecule has 1 aromatic carbocycles. The number of piperidine rings is 1. The number of nitrogens with zero attached hydrogens (tertiary/aromatic N) is 2. The van der Waals surface area contributed by atoms with Gasteiger partial charge < -0.3 is 9.73 Å². The number of imide groups is 1.